The van der Waals surface area contributed by atoms with Crippen molar-refractivity contribution >= 4 is 23.2 Å². The Morgan fingerprint density at radius 3 is 2.60 bits per heavy atom. The fraction of sp³-hybridized carbons (Fsp3) is 0.615. The average Bonchev–Trinajstić information content (AvgIpc) is 2.63. The molecule has 3 N–H and O–H groups in total. The number of aliphatic hydroxyl groups is 1. The molecule has 2 rings (SSSR count). The Morgan fingerprint density at radius 1 is 1.50 bits per heavy atom. The molecule has 6 nitrogen and oxygen atoms in total. The van der Waals surface area contributed by atoms with E-state index in [1.54, 1.807) is 0 Å². The number of hydrogen-bond donors (Lipinski definition) is 2. The van der Waals surface area contributed by atoms with Gasteiger partial charge < -0.3 is 15.7 Å². The zero-order chi connectivity index (χ0) is 15.1. The molecule has 0 aliphatic carbocycles. The zero-order valence-corrected chi connectivity index (χ0v) is 12.7. The van der Waals surface area contributed by atoms with Crippen LogP contribution in [0, 0.1) is 12.8 Å². The molecule has 0 radical (unpaired) electrons. The van der Waals surface area contributed by atoms with E-state index >= 15 is 0 Å². The third kappa shape index (κ3) is 2.69. The van der Waals surface area contributed by atoms with E-state index in [4.69, 9.17) is 5.73 Å². The van der Waals surface area contributed by atoms with Gasteiger partial charge in [0.15, 0.2) is 5.60 Å². The molecular formula is C13H19N3O3S. The maximum absolute atomic E-state index is 12.4. The van der Waals surface area contributed by atoms with Gasteiger partial charge in [0, 0.05) is 0 Å². The van der Waals surface area contributed by atoms with Crippen LogP contribution >= 0.6 is 11.3 Å². The maximum atomic E-state index is 12.4. The summed E-state index contributed by atoms with van der Waals surface area (Å²) in [6, 6.07) is 0. The Bertz CT molecular complexity index is 547. The molecule has 1 aliphatic rings. The first-order valence-electron chi connectivity index (χ1n) is 6.51. The SMILES string of the molecule is Cc1nc(CC(C)C)c(C(=O)N2CC(O)(C(N)=O)C2)s1. The first kappa shape index (κ1) is 14.9. The number of nitrogens with two attached hydrogens (primary N) is 1. The summed E-state index contributed by atoms with van der Waals surface area (Å²) in [7, 11) is 0. The van der Waals surface area contributed by atoms with Gasteiger partial charge in [0.2, 0.25) is 0 Å². The van der Waals surface area contributed by atoms with E-state index in [1.807, 2.05) is 6.92 Å². The van der Waals surface area contributed by atoms with Crippen molar-refractivity contribution in [3.63, 3.8) is 0 Å². The molecule has 20 heavy (non-hydrogen) atoms. The Labute approximate surface area is 121 Å². The second-order valence-electron chi connectivity index (χ2n) is 5.66. The Balaban J connectivity index is 2.13. The zero-order valence-electron chi connectivity index (χ0n) is 11.8. The highest BCUT2D eigenvalue weighted by molar-refractivity contribution is 7.13. The van der Waals surface area contributed by atoms with Crippen molar-refractivity contribution in [2.75, 3.05) is 13.1 Å². The first-order chi connectivity index (χ1) is 9.23. The van der Waals surface area contributed by atoms with Gasteiger partial charge in [-0.1, -0.05) is 13.8 Å². The second-order valence-corrected chi connectivity index (χ2v) is 6.87. The van der Waals surface area contributed by atoms with Crippen LogP contribution in [0.5, 0.6) is 0 Å². The molecule has 1 saturated heterocycles. The van der Waals surface area contributed by atoms with E-state index in [1.165, 1.54) is 16.2 Å². The van der Waals surface area contributed by atoms with Crippen molar-refractivity contribution in [1.82, 2.24) is 9.88 Å². The first-order valence-corrected chi connectivity index (χ1v) is 7.32. The second kappa shape index (κ2) is 5.14. The lowest BCUT2D eigenvalue weighted by Crippen LogP contribution is -2.69. The number of likely N-dealkylation sites (tertiary alicyclic amines) is 1. The summed E-state index contributed by atoms with van der Waals surface area (Å²) in [5.41, 5.74) is 4.31. The molecule has 7 heteroatoms. The topological polar surface area (TPSA) is 96.5 Å². The van der Waals surface area contributed by atoms with Gasteiger partial charge in [-0.25, -0.2) is 4.98 Å². The molecule has 0 saturated carbocycles. The minimum Gasteiger partial charge on any atom is -0.377 e. The third-order valence-electron chi connectivity index (χ3n) is 3.25. The largest absolute Gasteiger partial charge is 0.377 e. The summed E-state index contributed by atoms with van der Waals surface area (Å²) in [6.45, 7) is 5.91. The van der Waals surface area contributed by atoms with Gasteiger partial charge in [0.05, 0.1) is 23.8 Å². The minimum atomic E-state index is -1.58. The number of hydrogen-bond acceptors (Lipinski definition) is 5. The number of aryl methyl sites for hydroxylation is 1. The van der Waals surface area contributed by atoms with Gasteiger partial charge in [-0.3, -0.25) is 9.59 Å². The number of amides is 2. The molecule has 0 atom stereocenters. The average molecular weight is 297 g/mol. The quantitative estimate of drug-likeness (QED) is 0.836. The number of aromatic nitrogens is 1. The van der Waals surface area contributed by atoms with Gasteiger partial charge in [0.1, 0.15) is 4.88 Å². The van der Waals surface area contributed by atoms with Gasteiger partial charge in [0.25, 0.3) is 11.8 Å². The van der Waals surface area contributed by atoms with Gasteiger partial charge in [-0.2, -0.15) is 0 Å². The molecule has 0 spiro atoms. The van der Waals surface area contributed by atoms with Crippen LogP contribution in [0.4, 0.5) is 0 Å². The van der Waals surface area contributed by atoms with Crippen LogP contribution in [0.2, 0.25) is 0 Å². The molecule has 1 fully saturated rings. The van der Waals surface area contributed by atoms with Crippen molar-refractivity contribution in [3.05, 3.63) is 15.6 Å². The van der Waals surface area contributed by atoms with Crippen molar-refractivity contribution in [2.24, 2.45) is 11.7 Å². The summed E-state index contributed by atoms with van der Waals surface area (Å²) in [4.78, 5) is 29.9. The lowest BCUT2D eigenvalue weighted by atomic mass is 9.93. The van der Waals surface area contributed by atoms with Gasteiger partial charge in [-0.15, -0.1) is 11.3 Å². The molecule has 0 bridgehead atoms. The van der Waals surface area contributed by atoms with Crippen molar-refractivity contribution in [3.8, 4) is 0 Å². The van der Waals surface area contributed by atoms with Crippen molar-refractivity contribution in [2.45, 2.75) is 32.8 Å². The molecule has 2 amide bonds. The minimum absolute atomic E-state index is 0.0424. The summed E-state index contributed by atoms with van der Waals surface area (Å²) < 4.78 is 0. The molecule has 1 aromatic rings. The van der Waals surface area contributed by atoms with Crippen molar-refractivity contribution < 1.29 is 14.7 Å². The number of thiazole rings is 1. The van der Waals surface area contributed by atoms with Gasteiger partial charge in [-0.05, 0) is 19.3 Å². The summed E-state index contributed by atoms with van der Waals surface area (Å²) in [6.07, 6.45) is 0.735. The number of β-amino-alcohol motifs (C(OH)–C–C–N with tert-alkyl or cyclic N) is 1. The Kier molecular flexibility index (Phi) is 3.84. The molecular weight excluding hydrogens is 278 g/mol. The monoisotopic (exact) mass is 297 g/mol. The fourth-order valence-corrected chi connectivity index (χ4v) is 3.11. The lowest BCUT2D eigenvalue weighted by molar-refractivity contribution is -0.150. The van der Waals surface area contributed by atoms with Crippen molar-refractivity contribution in [1.29, 1.82) is 0 Å². The Hall–Kier alpha value is -1.47. The summed E-state index contributed by atoms with van der Waals surface area (Å²) >= 11 is 1.35. The van der Waals surface area contributed by atoms with Crippen LogP contribution in [0.25, 0.3) is 0 Å². The van der Waals surface area contributed by atoms with E-state index in [-0.39, 0.29) is 19.0 Å². The van der Waals surface area contributed by atoms with E-state index in [0.717, 1.165) is 17.1 Å². The number of rotatable bonds is 4. The molecule has 1 aromatic heterocycles. The normalized spacial score (nSPS) is 17.1. The van der Waals surface area contributed by atoms with Crippen LogP contribution in [-0.2, 0) is 11.2 Å². The van der Waals surface area contributed by atoms with E-state index in [0.29, 0.717) is 10.8 Å². The highest BCUT2D eigenvalue weighted by Gasteiger charge is 2.49. The summed E-state index contributed by atoms with van der Waals surface area (Å²) in [5.74, 6) is -0.566. The van der Waals surface area contributed by atoms with Crippen LogP contribution in [0.15, 0.2) is 0 Å². The van der Waals surface area contributed by atoms with Gasteiger partial charge >= 0.3 is 0 Å². The molecule has 0 unspecified atom stereocenters. The van der Waals surface area contributed by atoms with E-state index in [9.17, 15) is 14.7 Å². The predicted molar refractivity (Wildman–Crippen MR) is 75.4 cm³/mol. The molecule has 0 aromatic carbocycles. The van der Waals surface area contributed by atoms with Crippen LogP contribution in [-0.4, -0.2) is 45.5 Å². The summed E-state index contributed by atoms with van der Waals surface area (Å²) in [5, 5.41) is 10.6. The molecule has 110 valence electrons. The fourth-order valence-electron chi connectivity index (χ4n) is 2.19. The lowest BCUT2D eigenvalue weighted by Gasteiger charge is -2.43. The van der Waals surface area contributed by atoms with E-state index < -0.39 is 11.5 Å². The number of nitrogens with zero attached hydrogens (tertiary/aromatic N) is 2. The standard InChI is InChI=1S/C13H19N3O3S/c1-7(2)4-9-10(20-8(3)15-9)11(17)16-5-13(19,6-16)12(14)18/h7,19H,4-6H2,1-3H3,(H2,14,18). The van der Waals surface area contributed by atoms with Crippen LogP contribution in [0.1, 0.15) is 34.2 Å². The number of primary amides is 1. The maximum Gasteiger partial charge on any atom is 0.266 e. The van der Waals surface area contributed by atoms with Crippen LogP contribution in [0.3, 0.4) is 0 Å². The smallest absolute Gasteiger partial charge is 0.266 e. The van der Waals surface area contributed by atoms with Crippen LogP contribution < -0.4 is 5.73 Å². The van der Waals surface area contributed by atoms with E-state index in [2.05, 4.69) is 18.8 Å². The third-order valence-corrected chi connectivity index (χ3v) is 4.25. The number of carbonyl (C=O) groups excluding carboxylic acids is 2. The molecule has 1 aliphatic heterocycles. The predicted octanol–water partition coefficient (Wildman–Crippen LogP) is 0.322. The highest BCUT2D eigenvalue weighted by Crippen LogP contribution is 2.27. The number of carbonyl (C=O) groups is 2. The Morgan fingerprint density at radius 2 is 2.10 bits per heavy atom. The molecule has 2 heterocycles. The highest BCUT2D eigenvalue weighted by atomic mass is 32.1.